The van der Waals surface area contributed by atoms with Crippen molar-refractivity contribution in [3.63, 3.8) is 0 Å². The first-order valence-electron chi connectivity index (χ1n) is 9.43. The molecule has 1 heterocycles. The first-order valence-corrected chi connectivity index (χ1v) is 9.80. The van der Waals surface area contributed by atoms with E-state index in [2.05, 4.69) is 15.7 Å². The van der Waals surface area contributed by atoms with Gasteiger partial charge in [-0.25, -0.2) is 0 Å². The average molecular weight is 439 g/mol. The number of carbonyl (C=O) groups excluding carboxylic acids is 1. The van der Waals surface area contributed by atoms with E-state index in [4.69, 9.17) is 11.6 Å². The van der Waals surface area contributed by atoms with Gasteiger partial charge in [-0.2, -0.15) is 18.3 Å². The minimum Gasteiger partial charge on any atom is -0.324 e. The number of nitrogens with one attached hydrogen (secondary N) is 2. The van der Waals surface area contributed by atoms with E-state index in [1.807, 2.05) is 26.0 Å². The van der Waals surface area contributed by atoms with E-state index >= 15 is 0 Å². The fraction of sp³-hybridized carbons (Fsp3) is 0.333. The third-order valence-electron chi connectivity index (χ3n) is 4.77. The summed E-state index contributed by atoms with van der Waals surface area (Å²) in [4.78, 5) is 12.4. The summed E-state index contributed by atoms with van der Waals surface area (Å²) in [6, 6.07) is 11.7. The average Bonchev–Trinajstić information content (AvgIpc) is 2.98. The van der Waals surface area contributed by atoms with E-state index in [1.54, 1.807) is 17.1 Å². The molecule has 2 aromatic carbocycles. The van der Waals surface area contributed by atoms with E-state index in [1.165, 1.54) is 12.1 Å². The lowest BCUT2D eigenvalue weighted by Gasteiger charge is -2.27. The van der Waals surface area contributed by atoms with Crippen LogP contribution in [-0.4, -0.2) is 41.8 Å². The van der Waals surface area contributed by atoms with Crippen molar-refractivity contribution in [3.8, 4) is 0 Å². The molecule has 0 fully saturated rings. The Hall–Kier alpha value is -2.58. The molecular formula is C21H22ClF3N4O. The highest BCUT2D eigenvalue weighted by molar-refractivity contribution is 6.30. The summed E-state index contributed by atoms with van der Waals surface area (Å²) in [5.41, 5.74) is 0.760. The number of hydrogen-bond donors (Lipinski definition) is 2. The standard InChI is InChI=1S/C21H22ClF3N4O/c1-3-26-20(2)13-29(28-19(20)14-4-8-16(22)9-5-14)12-18(30)27-17-10-6-15(7-11-17)21(23,24)25/h4-11,26H,3,12-13H2,1-2H3,(H,27,30). The van der Waals surface area contributed by atoms with Crippen molar-refractivity contribution < 1.29 is 18.0 Å². The second-order valence-electron chi connectivity index (χ2n) is 7.26. The van der Waals surface area contributed by atoms with Crippen molar-refractivity contribution in [1.82, 2.24) is 10.3 Å². The molecule has 0 aliphatic carbocycles. The van der Waals surface area contributed by atoms with Crippen LogP contribution < -0.4 is 10.6 Å². The SMILES string of the molecule is CCNC1(C)CN(CC(=O)Nc2ccc(C(F)(F)F)cc2)N=C1c1ccc(Cl)cc1. The van der Waals surface area contributed by atoms with Crippen molar-refractivity contribution in [2.75, 3.05) is 25.0 Å². The minimum atomic E-state index is -4.42. The molecule has 9 heteroatoms. The van der Waals surface area contributed by atoms with Gasteiger partial charge in [0.05, 0.1) is 23.4 Å². The molecule has 3 rings (SSSR count). The van der Waals surface area contributed by atoms with Crippen LogP contribution in [0.1, 0.15) is 25.0 Å². The summed E-state index contributed by atoms with van der Waals surface area (Å²) in [6.45, 7) is 5.16. The fourth-order valence-electron chi connectivity index (χ4n) is 3.44. The Balaban J connectivity index is 1.71. The lowest BCUT2D eigenvalue weighted by molar-refractivity contribution is -0.137. The molecule has 0 saturated heterocycles. The number of likely N-dealkylation sites (N-methyl/N-ethyl adjacent to an activating group) is 1. The molecule has 0 bridgehead atoms. The summed E-state index contributed by atoms with van der Waals surface area (Å²) in [7, 11) is 0. The molecule has 2 aromatic rings. The molecule has 160 valence electrons. The summed E-state index contributed by atoms with van der Waals surface area (Å²) in [6.07, 6.45) is -4.42. The predicted molar refractivity (Wildman–Crippen MR) is 112 cm³/mol. The van der Waals surface area contributed by atoms with Gasteiger partial charge in [-0.05, 0) is 55.4 Å². The van der Waals surface area contributed by atoms with Gasteiger partial charge in [0.2, 0.25) is 5.91 Å². The maximum Gasteiger partial charge on any atom is 0.416 e. The lowest BCUT2D eigenvalue weighted by atomic mass is 9.91. The van der Waals surface area contributed by atoms with Crippen LogP contribution in [0.3, 0.4) is 0 Å². The molecule has 1 unspecified atom stereocenters. The number of anilines is 1. The smallest absolute Gasteiger partial charge is 0.324 e. The fourth-order valence-corrected chi connectivity index (χ4v) is 3.57. The largest absolute Gasteiger partial charge is 0.416 e. The van der Waals surface area contributed by atoms with E-state index in [9.17, 15) is 18.0 Å². The van der Waals surface area contributed by atoms with Gasteiger partial charge in [0.1, 0.15) is 6.54 Å². The number of amides is 1. The summed E-state index contributed by atoms with van der Waals surface area (Å²) in [5, 5.41) is 12.9. The number of benzene rings is 2. The molecule has 1 atom stereocenters. The normalized spacial score (nSPS) is 19.0. The number of halogens is 4. The van der Waals surface area contributed by atoms with Gasteiger partial charge in [-0.3, -0.25) is 9.80 Å². The van der Waals surface area contributed by atoms with Gasteiger partial charge >= 0.3 is 6.18 Å². The van der Waals surface area contributed by atoms with E-state index in [0.717, 1.165) is 23.4 Å². The van der Waals surface area contributed by atoms with Gasteiger partial charge in [-0.1, -0.05) is 30.7 Å². The Labute approximate surface area is 177 Å². The van der Waals surface area contributed by atoms with Crippen LogP contribution in [0.5, 0.6) is 0 Å². The van der Waals surface area contributed by atoms with Crippen molar-refractivity contribution in [1.29, 1.82) is 0 Å². The highest BCUT2D eigenvalue weighted by Gasteiger charge is 2.39. The maximum absolute atomic E-state index is 12.7. The predicted octanol–water partition coefficient (Wildman–Crippen LogP) is 4.39. The Kier molecular flexibility index (Phi) is 6.38. The van der Waals surface area contributed by atoms with Crippen molar-refractivity contribution in [2.24, 2.45) is 5.10 Å². The maximum atomic E-state index is 12.7. The second kappa shape index (κ2) is 8.65. The molecule has 1 aliphatic rings. The second-order valence-corrected chi connectivity index (χ2v) is 7.70. The molecule has 0 saturated carbocycles. The Bertz CT molecular complexity index is 929. The number of alkyl halides is 3. The molecule has 5 nitrogen and oxygen atoms in total. The van der Waals surface area contributed by atoms with Crippen LogP contribution in [0.25, 0.3) is 0 Å². The number of hydrogen-bond acceptors (Lipinski definition) is 4. The Morgan fingerprint density at radius 3 is 2.37 bits per heavy atom. The van der Waals surface area contributed by atoms with Gasteiger partial charge in [0.15, 0.2) is 0 Å². The van der Waals surface area contributed by atoms with Gasteiger partial charge < -0.3 is 10.6 Å². The Morgan fingerprint density at radius 2 is 1.80 bits per heavy atom. The van der Waals surface area contributed by atoms with Crippen molar-refractivity contribution >= 4 is 28.9 Å². The van der Waals surface area contributed by atoms with Crippen LogP contribution in [-0.2, 0) is 11.0 Å². The third-order valence-corrected chi connectivity index (χ3v) is 5.02. The summed E-state index contributed by atoms with van der Waals surface area (Å²) in [5.74, 6) is -0.366. The van der Waals surface area contributed by atoms with E-state index < -0.39 is 17.3 Å². The van der Waals surface area contributed by atoms with Crippen LogP contribution >= 0.6 is 11.6 Å². The van der Waals surface area contributed by atoms with Crippen LogP contribution in [0.4, 0.5) is 18.9 Å². The molecular weight excluding hydrogens is 417 g/mol. The molecule has 2 N–H and O–H groups in total. The molecule has 1 aliphatic heterocycles. The number of rotatable bonds is 6. The quantitative estimate of drug-likeness (QED) is 0.703. The number of hydrazone groups is 1. The van der Waals surface area contributed by atoms with Gasteiger partial charge in [-0.15, -0.1) is 0 Å². The van der Waals surface area contributed by atoms with Crippen LogP contribution in [0.15, 0.2) is 53.6 Å². The summed E-state index contributed by atoms with van der Waals surface area (Å²) >= 11 is 5.98. The zero-order valence-corrected chi connectivity index (χ0v) is 17.3. The van der Waals surface area contributed by atoms with Crippen LogP contribution in [0.2, 0.25) is 5.02 Å². The number of nitrogens with zero attached hydrogens (tertiary/aromatic N) is 2. The van der Waals surface area contributed by atoms with E-state index in [-0.39, 0.29) is 12.5 Å². The monoisotopic (exact) mass is 438 g/mol. The molecule has 0 spiro atoms. The van der Waals surface area contributed by atoms with Gasteiger partial charge in [0, 0.05) is 10.7 Å². The highest BCUT2D eigenvalue weighted by atomic mass is 35.5. The number of carbonyl (C=O) groups is 1. The van der Waals surface area contributed by atoms with Crippen molar-refractivity contribution in [2.45, 2.75) is 25.6 Å². The molecule has 0 aromatic heterocycles. The van der Waals surface area contributed by atoms with E-state index in [0.29, 0.717) is 23.8 Å². The third kappa shape index (κ3) is 5.12. The summed E-state index contributed by atoms with van der Waals surface area (Å²) < 4.78 is 38.0. The van der Waals surface area contributed by atoms with Crippen LogP contribution in [0, 0.1) is 0 Å². The minimum absolute atomic E-state index is 0.0287. The molecule has 1 amide bonds. The topological polar surface area (TPSA) is 56.7 Å². The Morgan fingerprint density at radius 1 is 1.17 bits per heavy atom. The molecule has 30 heavy (non-hydrogen) atoms. The molecule has 0 radical (unpaired) electrons. The van der Waals surface area contributed by atoms with Crippen molar-refractivity contribution in [3.05, 3.63) is 64.7 Å². The lowest BCUT2D eigenvalue weighted by Crippen LogP contribution is -2.52. The zero-order chi connectivity index (χ0) is 21.9. The first kappa shape index (κ1) is 22.1. The highest BCUT2D eigenvalue weighted by Crippen LogP contribution is 2.30. The first-order chi connectivity index (χ1) is 14.1. The van der Waals surface area contributed by atoms with Gasteiger partial charge in [0.25, 0.3) is 0 Å². The zero-order valence-electron chi connectivity index (χ0n) is 16.6.